The highest BCUT2D eigenvalue weighted by atomic mass is 16.5. The first-order valence-electron chi connectivity index (χ1n) is 5.27. The van der Waals surface area contributed by atoms with Crippen LogP contribution in [0, 0.1) is 0 Å². The summed E-state index contributed by atoms with van der Waals surface area (Å²) in [6.45, 7) is 0.137. The van der Waals surface area contributed by atoms with E-state index in [2.05, 4.69) is 15.7 Å². The number of aryl methyl sites for hydroxylation is 1. The third-order valence-electron chi connectivity index (χ3n) is 2.14. The zero-order valence-corrected chi connectivity index (χ0v) is 10.2. The fraction of sp³-hybridized carbons (Fsp3) is 0.500. The number of urea groups is 1. The summed E-state index contributed by atoms with van der Waals surface area (Å²) >= 11 is 0. The number of carbonyl (C=O) groups excluding carboxylic acids is 1. The molecule has 1 unspecified atom stereocenters. The Morgan fingerprint density at radius 2 is 2.33 bits per heavy atom. The van der Waals surface area contributed by atoms with Crippen LogP contribution in [0.5, 0.6) is 0 Å². The normalized spacial score (nSPS) is 11.9. The molecule has 1 rings (SSSR count). The number of carboxylic acid groups (broad SMARTS) is 1. The molecule has 1 atom stereocenters. The lowest BCUT2D eigenvalue weighted by molar-refractivity contribution is -0.140. The molecule has 1 heterocycles. The predicted molar refractivity (Wildman–Crippen MR) is 61.9 cm³/mol. The van der Waals surface area contributed by atoms with Crippen molar-refractivity contribution < 1.29 is 19.4 Å². The van der Waals surface area contributed by atoms with Crippen LogP contribution in [0.1, 0.15) is 5.69 Å². The van der Waals surface area contributed by atoms with Crippen LogP contribution in [0.15, 0.2) is 12.3 Å². The van der Waals surface area contributed by atoms with Crippen molar-refractivity contribution in [1.82, 2.24) is 20.4 Å². The smallest absolute Gasteiger partial charge is 0.328 e. The first kappa shape index (κ1) is 14.0. The Morgan fingerprint density at radius 1 is 1.61 bits per heavy atom. The Hall–Kier alpha value is -2.09. The number of hydrogen-bond acceptors (Lipinski definition) is 4. The van der Waals surface area contributed by atoms with Gasteiger partial charge in [-0.3, -0.25) is 4.68 Å². The van der Waals surface area contributed by atoms with Crippen LogP contribution in [-0.2, 0) is 23.1 Å². The second-order valence-corrected chi connectivity index (χ2v) is 3.65. The molecule has 0 saturated heterocycles. The molecule has 2 amide bonds. The molecule has 0 aliphatic heterocycles. The van der Waals surface area contributed by atoms with E-state index in [-0.39, 0.29) is 13.2 Å². The van der Waals surface area contributed by atoms with Crippen molar-refractivity contribution in [2.75, 3.05) is 13.7 Å². The first-order valence-corrected chi connectivity index (χ1v) is 5.27. The molecule has 1 aromatic rings. The van der Waals surface area contributed by atoms with Gasteiger partial charge >= 0.3 is 12.0 Å². The fourth-order valence-corrected chi connectivity index (χ4v) is 1.28. The lowest BCUT2D eigenvalue weighted by atomic mass is 10.3. The highest BCUT2D eigenvalue weighted by Crippen LogP contribution is 1.93. The van der Waals surface area contributed by atoms with Crippen molar-refractivity contribution in [3.05, 3.63) is 18.0 Å². The third-order valence-corrected chi connectivity index (χ3v) is 2.14. The Morgan fingerprint density at radius 3 is 2.83 bits per heavy atom. The van der Waals surface area contributed by atoms with Gasteiger partial charge in [-0.05, 0) is 6.07 Å². The van der Waals surface area contributed by atoms with Crippen molar-refractivity contribution in [3.63, 3.8) is 0 Å². The van der Waals surface area contributed by atoms with Gasteiger partial charge in [0.15, 0.2) is 6.04 Å². The molecule has 0 aliphatic rings. The average Bonchev–Trinajstić information content (AvgIpc) is 2.72. The largest absolute Gasteiger partial charge is 0.480 e. The number of nitrogens with zero attached hydrogens (tertiary/aromatic N) is 2. The predicted octanol–water partition coefficient (Wildman–Crippen LogP) is -0.681. The van der Waals surface area contributed by atoms with Gasteiger partial charge < -0.3 is 20.5 Å². The molecule has 8 heteroatoms. The van der Waals surface area contributed by atoms with Gasteiger partial charge in [-0.25, -0.2) is 9.59 Å². The zero-order chi connectivity index (χ0) is 13.5. The van der Waals surface area contributed by atoms with E-state index >= 15 is 0 Å². The maximum Gasteiger partial charge on any atom is 0.328 e. The minimum atomic E-state index is -1.15. The van der Waals surface area contributed by atoms with Gasteiger partial charge in [-0.1, -0.05) is 0 Å². The van der Waals surface area contributed by atoms with Crippen molar-refractivity contribution in [3.8, 4) is 0 Å². The summed E-state index contributed by atoms with van der Waals surface area (Å²) in [5.74, 6) is -1.15. The second-order valence-electron chi connectivity index (χ2n) is 3.65. The molecule has 0 spiro atoms. The number of rotatable bonds is 6. The van der Waals surface area contributed by atoms with Crippen molar-refractivity contribution in [2.45, 2.75) is 12.6 Å². The monoisotopic (exact) mass is 256 g/mol. The van der Waals surface area contributed by atoms with E-state index in [1.807, 2.05) is 0 Å². The van der Waals surface area contributed by atoms with E-state index in [0.29, 0.717) is 5.69 Å². The van der Waals surface area contributed by atoms with Gasteiger partial charge in [0.1, 0.15) is 0 Å². The van der Waals surface area contributed by atoms with E-state index in [9.17, 15) is 9.59 Å². The minimum Gasteiger partial charge on any atom is -0.480 e. The molecule has 1 aromatic heterocycles. The second kappa shape index (κ2) is 6.60. The van der Waals surface area contributed by atoms with Crippen LogP contribution < -0.4 is 10.6 Å². The van der Waals surface area contributed by atoms with Crippen molar-refractivity contribution in [2.24, 2.45) is 7.05 Å². The topological polar surface area (TPSA) is 105 Å². The van der Waals surface area contributed by atoms with E-state index in [4.69, 9.17) is 9.84 Å². The summed E-state index contributed by atoms with van der Waals surface area (Å²) in [4.78, 5) is 22.2. The standard InChI is InChI=1S/C10H16N4O4/c1-14-4-3-7(13-14)5-11-10(17)12-8(6-18-2)9(15)16/h3-4,8H,5-6H2,1-2H3,(H,15,16)(H2,11,12,17). The number of carbonyl (C=O) groups is 2. The summed E-state index contributed by atoms with van der Waals surface area (Å²) in [6.07, 6.45) is 1.75. The number of ether oxygens (including phenoxy) is 1. The molecule has 18 heavy (non-hydrogen) atoms. The lowest BCUT2D eigenvalue weighted by Gasteiger charge is -2.13. The molecule has 0 bridgehead atoms. The summed E-state index contributed by atoms with van der Waals surface area (Å²) in [6, 6.07) is 0.105. The number of hydrogen-bond donors (Lipinski definition) is 3. The van der Waals surface area contributed by atoms with E-state index in [1.54, 1.807) is 24.0 Å². The van der Waals surface area contributed by atoms with Gasteiger partial charge in [-0.15, -0.1) is 0 Å². The SMILES string of the molecule is COCC(NC(=O)NCc1ccn(C)n1)C(=O)O. The highest BCUT2D eigenvalue weighted by molar-refractivity contribution is 5.82. The molecule has 0 fully saturated rings. The van der Waals surface area contributed by atoms with Crippen LogP contribution in [-0.4, -0.2) is 46.6 Å². The van der Waals surface area contributed by atoms with Crippen LogP contribution >= 0.6 is 0 Å². The summed E-state index contributed by atoms with van der Waals surface area (Å²) in [5, 5.41) is 17.7. The molecule has 3 N–H and O–H groups in total. The number of amides is 2. The third kappa shape index (κ3) is 4.42. The van der Waals surface area contributed by atoms with Gasteiger partial charge in [0.25, 0.3) is 0 Å². The Labute approximate surface area is 104 Å². The highest BCUT2D eigenvalue weighted by Gasteiger charge is 2.19. The van der Waals surface area contributed by atoms with Gasteiger partial charge in [0.05, 0.1) is 18.8 Å². The van der Waals surface area contributed by atoms with E-state index in [0.717, 1.165) is 0 Å². The van der Waals surface area contributed by atoms with Crippen molar-refractivity contribution in [1.29, 1.82) is 0 Å². The number of methoxy groups -OCH3 is 1. The molecule has 8 nitrogen and oxygen atoms in total. The van der Waals surface area contributed by atoms with E-state index < -0.39 is 18.0 Å². The molecular formula is C10H16N4O4. The molecule has 0 aliphatic carbocycles. The molecular weight excluding hydrogens is 240 g/mol. The Balaban J connectivity index is 2.38. The summed E-state index contributed by atoms with van der Waals surface area (Å²) < 4.78 is 6.30. The maximum absolute atomic E-state index is 11.4. The van der Waals surface area contributed by atoms with Gasteiger partial charge in [0.2, 0.25) is 0 Å². The Bertz CT molecular complexity index is 418. The number of aliphatic carboxylic acids is 1. The molecule has 0 radical (unpaired) electrons. The van der Waals surface area contributed by atoms with Gasteiger partial charge in [0, 0.05) is 20.4 Å². The van der Waals surface area contributed by atoms with Crippen molar-refractivity contribution >= 4 is 12.0 Å². The molecule has 0 saturated carbocycles. The maximum atomic E-state index is 11.4. The average molecular weight is 256 g/mol. The number of aromatic nitrogens is 2. The summed E-state index contributed by atoms with van der Waals surface area (Å²) in [7, 11) is 3.13. The van der Waals surface area contributed by atoms with Crippen LogP contribution in [0.3, 0.4) is 0 Å². The van der Waals surface area contributed by atoms with E-state index in [1.165, 1.54) is 7.11 Å². The zero-order valence-electron chi connectivity index (χ0n) is 10.2. The Kier molecular flexibility index (Phi) is 5.12. The number of carboxylic acids is 1. The molecule has 100 valence electrons. The van der Waals surface area contributed by atoms with Crippen LogP contribution in [0.4, 0.5) is 4.79 Å². The lowest BCUT2D eigenvalue weighted by Crippen LogP contribution is -2.48. The fourth-order valence-electron chi connectivity index (χ4n) is 1.28. The molecule has 0 aromatic carbocycles. The van der Waals surface area contributed by atoms with Crippen LogP contribution in [0.2, 0.25) is 0 Å². The minimum absolute atomic E-state index is 0.0909. The van der Waals surface area contributed by atoms with Crippen LogP contribution in [0.25, 0.3) is 0 Å². The van der Waals surface area contributed by atoms with Gasteiger partial charge in [-0.2, -0.15) is 5.10 Å². The first-order chi connectivity index (χ1) is 8.52. The number of nitrogens with one attached hydrogen (secondary N) is 2. The summed E-state index contributed by atoms with van der Waals surface area (Å²) in [5.41, 5.74) is 0.686. The quantitative estimate of drug-likeness (QED) is 0.625.